The van der Waals surface area contributed by atoms with Crippen LogP contribution in [0.1, 0.15) is 31.2 Å². The zero-order chi connectivity index (χ0) is 19.6. The first-order chi connectivity index (χ1) is 13.5. The van der Waals surface area contributed by atoms with Gasteiger partial charge in [0.2, 0.25) is 17.7 Å². The number of fused-ring (bicyclic) bond motifs is 1. The molecular formula is C22H25N3O3. The van der Waals surface area contributed by atoms with E-state index in [4.69, 9.17) is 0 Å². The second kappa shape index (κ2) is 7.62. The minimum Gasteiger partial charge on any atom is -0.353 e. The van der Waals surface area contributed by atoms with Crippen molar-refractivity contribution in [1.82, 2.24) is 15.5 Å². The maximum absolute atomic E-state index is 12.6. The van der Waals surface area contributed by atoms with Gasteiger partial charge in [-0.15, -0.1) is 0 Å². The number of nitrogens with zero attached hydrogens (tertiary/aromatic N) is 1. The highest BCUT2D eigenvalue weighted by Gasteiger charge is 2.38. The van der Waals surface area contributed by atoms with E-state index in [0.717, 1.165) is 6.42 Å². The van der Waals surface area contributed by atoms with Crippen LogP contribution >= 0.6 is 0 Å². The van der Waals surface area contributed by atoms with Gasteiger partial charge in [0.1, 0.15) is 0 Å². The van der Waals surface area contributed by atoms with Crippen molar-refractivity contribution >= 4 is 28.5 Å². The van der Waals surface area contributed by atoms with E-state index < -0.39 is 5.54 Å². The van der Waals surface area contributed by atoms with Crippen LogP contribution in [0.5, 0.6) is 0 Å². The van der Waals surface area contributed by atoms with E-state index >= 15 is 0 Å². The first-order valence-electron chi connectivity index (χ1n) is 9.87. The first-order valence-corrected chi connectivity index (χ1v) is 9.87. The van der Waals surface area contributed by atoms with Gasteiger partial charge in [0, 0.05) is 31.5 Å². The number of amides is 3. The molecular weight excluding hydrogens is 354 g/mol. The summed E-state index contributed by atoms with van der Waals surface area (Å²) in [6, 6.07) is 14.5. The molecule has 0 unspecified atom stereocenters. The zero-order valence-corrected chi connectivity index (χ0v) is 15.9. The molecule has 0 spiro atoms. The van der Waals surface area contributed by atoms with Crippen LogP contribution in [0.3, 0.4) is 0 Å². The highest BCUT2D eigenvalue weighted by Crippen LogP contribution is 2.32. The Kier molecular flexibility index (Phi) is 5.03. The van der Waals surface area contributed by atoms with Crippen molar-refractivity contribution in [3.63, 3.8) is 0 Å². The summed E-state index contributed by atoms with van der Waals surface area (Å²) in [5.74, 6) is -0.0856. The van der Waals surface area contributed by atoms with Crippen molar-refractivity contribution in [2.75, 3.05) is 19.6 Å². The van der Waals surface area contributed by atoms with Crippen LogP contribution in [0.2, 0.25) is 0 Å². The summed E-state index contributed by atoms with van der Waals surface area (Å²) < 4.78 is 0. The van der Waals surface area contributed by atoms with E-state index in [-0.39, 0.29) is 24.3 Å². The van der Waals surface area contributed by atoms with Crippen LogP contribution in [0.4, 0.5) is 0 Å². The van der Waals surface area contributed by atoms with Crippen LogP contribution < -0.4 is 10.6 Å². The van der Waals surface area contributed by atoms with Crippen molar-refractivity contribution in [1.29, 1.82) is 0 Å². The first kappa shape index (κ1) is 18.5. The monoisotopic (exact) mass is 379 g/mol. The Morgan fingerprint density at radius 2 is 1.89 bits per heavy atom. The molecule has 2 aromatic rings. The molecule has 2 heterocycles. The number of piperazine rings is 1. The lowest BCUT2D eigenvalue weighted by atomic mass is 9.83. The third-order valence-corrected chi connectivity index (χ3v) is 5.85. The van der Waals surface area contributed by atoms with E-state index in [9.17, 15) is 14.4 Å². The average molecular weight is 379 g/mol. The van der Waals surface area contributed by atoms with Crippen molar-refractivity contribution in [3.05, 3.63) is 48.0 Å². The SMILES string of the molecule is O=C1CN(C(=O)CC[C@]2(Cc3cccc4ccccc34)CCC(=O)N2)CCN1. The fraction of sp³-hybridized carbons (Fsp3) is 0.409. The second-order valence-corrected chi connectivity index (χ2v) is 7.81. The maximum Gasteiger partial charge on any atom is 0.239 e. The standard InChI is InChI=1S/C22H25N3O3/c26-19-8-10-22(24-19,11-9-21(28)25-13-12-23-20(27)15-25)14-17-6-3-5-16-4-1-2-7-18(16)17/h1-7H,8-15H2,(H,23,27)(H,24,26)/t22-/m0/s1. The molecule has 0 aliphatic carbocycles. The lowest BCUT2D eigenvalue weighted by Crippen LogP contribution is -2.51. The van der Waals surface area contributed by atoms with Crippen LogP contribution in [-0.4, -0.2) is 47.8 Å². The number of nitrogens with one attached hydrogen (secondary N) is 2. The zero-order valence-electron chi connectivity index (χ0n) is 15.9. The minimum atomic E-state index is -0.408. The molecule has 2 aromatic carbocycles. The van der Waals surface area contributed by atoms with Crippen molar-refractivity contribution in [3.8, 4) is 0 Å². The Morgan fingerprint density at radius 1 is 1.07 bits per heavy atom. The lowest BCUT2D eigenvalue weighted by molar-refractivity contribution is -0.138. The summed E-state index contributed by atoms with van der Waals surface area (Å²) in [5.41, 5.74) is 0.777. The molecule has 2 N–H and O–H groups in total. The molecule has 0 saturated carbocycles. The number of rotatable bonds is 5. The minimum absolute atomic E-state index is 0.0201. The molecule has 2 aliphatic rings. The molecule has 6 heteroatoms. The van der Waals surface area contributed by atoms with Crippen LogP contribution in [0.15, 0.2) is 42.5 Å². The molecule has 0 radical (unpaired) electrons. The maximum atomic E-state index is 12.6. The smallest absolute Gasteiger partial charge is 0.239 e. The summed E-state index contributed by atoms with van der Waals surface area (Å²) in [4.78, 5) is 37.8. The van der Waals surface area contributed by atoms with Crippen molar-refractivity contribution in [2.24, 2.45) is 0 Å². The molecule has 1 atom stereocenters. The number of carbonyl (C=O) groups excluding carboxylic acids is 3. The van der Waals surface area contributed by atoms with Gasteiger partial charge in [-0.1, -0.05) is 42.5 Å². The molecule has 146 valence electrons. The van der Waals surface area contributed by atoms with Crippen molar-refractivity contribution in [2.45, 2.75) is 37.6 Å². The van der Waals surface area contributed by atoms with Gasteiger partial charge in [-0.3, -0.25) is 14.4 Å². The van der Waals surface area contributed by atoms with E-state index in [1.54, 1.807) is 4.90 Å². The van der Waals surface area contributed by atoms with Crippen LogP contribution in [-0.2, 0) is 20.8 Å². The molecule has 4 rings (SSSR count). The number of benzene rings is 2. The molecule has 3 amide bonds. The second-order valence-electron chi connectivity index (χ2n) is 7.81. The third kappa shape index (κ3) is 3.86. The summed E-state index contributed by atoms with van der Waals surface area (Å²) in [5, 5.41) is 8.26. The molecule has 28 heavy (non-hydrogen) atoms. The highest BCUT2D eigenvalue weighted by atomic mass is 16.2. The molecule has 0 bridgehead atoms. The molecule has 2 saturated heterocycles. The van der Waals surface area contributed by atoms with E-state index in [0.29, 0.717) is 38.8 Å². The molecule has 6 nitrogen and oxygen atoms in total. The Balaban J connectivity index is 1.51. The Bertz CT molecular complexity index is 921. The van der Waals surface area contributed by atoms with Gasteiger partial charge < -0.3 is 15.5 Å². The van der Waals surface area contributed by atoms with Gasteiger partial charge in [0.25, 0.3) is 0 Å². The Labute approximate surface area is 164 Å². The van der Waals surface area contributed by atoms with Gasteiger partial charge in [0.15, 0.2) is 0 Å². The van der Waals surface area contributed by atoms with Gasteiger partial charge in [-0.05, 0) is 35.6 Å². The average Bonchev–Trinajstić information content (AvgIpc) is 3.07. The summed E-state index contributed by atoms with van der Waals surface area (Å²) in [7, 11) is 0. The van der Waals surface area contributed by atoms with Gasteiger partial charge in [-0.25, -0.2) is 0 Å². The van der Waals surface area contributed by atoms with Crippen molar-refractivity contribution < 1.29 is 14.4 Å². The Hall–Kier alpha value is -2.89. The number of hydrogen-bond donors (Lipinski definition) is 2. The summed E-state index contributed by atoms with van der Waals surface area (Å²) in [6.45, 7) is 1.18. The van der Waals surface area contributed by atoms with E-state index in [2.05, 4.69) is 34.9 Å². The Morgan fingerprint density at radius 3 is 2.68 bits per heavy atom. The predicted molar refractivity (Wildman–Crippen MR) is 107 cm³/mol. The highest BCUT2D eigenvalue weighted by molar-refractivity contribution is 5.87. The number of hydrogen-bond acceptors (Lipinski definition) is 3. The lowest BCUT2D eigenvalue weighted by Gasteiger charge is -2.32. The van der Waals surface area contributed by atoms with Gasteiger partial charge in [0.05, 0.1) is 6.54 Å². The van der Waals surface area contributed by atoms with Gasteiger partial charge >= 0.3 is 0 Å². The topological polar surface area (TPSA) is 78.5 Å². The summed E-state index contributed by atoms with van der Waals surface area (Å²) in [6.07, 6.45) is 2.83. The fourth-order valence-corrected chi connectivity index (χ4v) is 4.35. The predicted octanol–water partition coefficient (Wildman–Crippen LogP) is 1.77. The van der Waals surface area contributed by atoms with Crippen LogP contribution in [0.25, 0.3) is 10.8 Å². The van der Waals surface area contributed by atoms with Crippen LogP contribution in [0, 0.1) is 0 Å². The third-order valence-electron chi connectivity index (χ3n) is 5.85. The number of carbonyl (C=O) groups is 3. The summed E-state index contributed by atoms with van der Waals surface area (Å²) >= 11 is 0. The van der Waals surface area contributed by atoms with Gasteiger partial charge in [-0.2, -0.15) is 0 Å². The largest absolute Gasteiger partial charge is 0.353 e. The normalized spacial score (nSPS) is 22.2. The molecule has 2 fully saturated rings. The quantitative estimate of drug-likeness (QED) is 0.831. The van der Waals surface area contributed by atoms with E-state index in [1.165, 1.54) is 16.3 Å². The molecule has 2 aliphatic heterocycles. The fourth-order valence-electron chi connectivity index (χ4n) is 4.35. The molecule has 0 aromatic heterocycles. The van der Waals surface area contributed by atoms with E-state index in [1.807, 2.05) is 18.2 Å².